The molecule has 1 heterocycles. The zero-order chi connectivity index (χ0) is 10.3. The Morgan fingerprint density at radius 1 is 1.29 bits per heavy atom. The first-order valence-electron chi connectivity index (χ1n) is 3.38. The van der Waals surface area contributed by atoms with E-state index in [2.05, 4.69) is 8.75 Å². The minimum absolute atomic E-state index is 0.141. The number of halogens is 1. The van der Waals surface area contributed by atoms with Crippen molar-refractivity contribution in [3.63, 3.8) is 0 Å². The quantitative estimate of drug-likeness (QED) is 0.747. The maximum Gasteiger partial charge on any atom is 0.296 e. The van der Waals surface area contributed by atoms with Crippen molar-refractivity contribution in [1.29, 1.82) is 0 Å². The van der Waals surface area contributed by atoms with Crippen LogP contribution in [0.25, 0.3) is 11.0 Å². The monoisotopic (exact) mass is 234 g/mol. The first-order chi connectivity index (χ1) is 6.50. The fraction of sp³-hybridized carbons (Fsp3) is 0. The van der Waals surface area contributed by atoms with Gasteiger partial charge >= 0.3 is 0 Å². The van der Waals surface area contributed by atoms with Crippen LogP contribution in [0.4, 0.5) is 4.39 Å². The van der Waals surface area contributed by atoms with Crippen LogP contribution in [0.15, 0.2) is 17.0 Å². The van der Waals surface area contributed by atoms with Gasteiger partial charge in [0.1, 0.15) is 15.9 Å². The molecule has 74 valence electrons. The average molecular weight is 234 g/mol. The lowest BCUT2D eigenvalue weighted by atomic mass is 10.3. The highest BCUT2D eigenvalue weighted by atomic mass is 32.2. The van der Waals surface area contributed by atoms with E-state index in [4.69, 9.17) is 4.55 Å². The lowest BCUT2D eigenvalue weighted by Gasteiger charge is -1.96. The van der Waals surface area contributed by atoms with E-state index in [-0.39, 0.29) is 11.0 Å². The molecule has 2 aromatic rings. The Hall–Kier alpha value is -1.12. The number of rotatable bonds is 1. The summed E-state index contributed by atoms with van der Waals surface area (Å²) in [6, 6.07) is 1.88. The van der Waals surface area contributed by atoms with Crippen LogP contribution >= 0.6 is 11.7 Å². The zero-order valence-corrected chi connectivity index (χ0v) is 8.14. The molecule has 14 heavy (non-hydrogen) atoms. The molecule has 2 rings (SSSR count). The fourth-order valence-corrected chi connectivity index (χ4v) is 2.27. The van der Waals surface area contributed by atoms with Crippen LogP contribution in [0.1, 0.15) is 0 Å². The molecule has 0 bridgehead atoms. The molecule has 0 aliphatic rings. The van der Waals surface area contributed by atoms with Crippen molar-refractivity contribution in [3.8, 4) is 0 Å². The predicted octanol–water partition coefficient (Wildman–Crippen LogP) is 1.08. The summed E-state index contributed by atoms with van der Waals surface area (Å²) in [6.07, 6.45) is 0. The van der Waals surface area contributed by atoms with Gasteiger partial charge in [0.25, 0.3) is 10.1 Å². The second-order valence-corrected chi connectivity index (χ2v) is 4.40. The van der Waals surface area contributed by atoms with Crippen LogP contribution < -0.4 is 0 Å². The molecule has 0 aliphatic carbocycles. The Morgan fingerprint density at radius 3 is 2.57 bits per heavy atom. The molecule has 0 saturated carbocycles. The molecule has 0 radical (unpaired) electrons. The topological polar surface area (TPSA) is 80.2 Å². The molecule has 0 amide bonds. The van der Waals surface area contributed by atoms with Crippen LogP contribution in [0, 0.1) is 5.82 Å². The Labute approximate surface area is 82.3 Å². The van der Waals surface area contributed by atoms with Crippen LogP contribution in [-0.2, 0) is 10.1 Å². The zero-order valence-electron chi connectivity index (χ0n) is 6.51. The first-order valence-corrected chi connectivity index (χ1v) is 5.55. The molecule has 0 atom stereocenters. The minimum Gasteiger partial charge on any atom is -0.282 e. The molecule has 8 heteroatoms. The van der Waals surface area contributed by atoms with E-state index in [0.717, 1.165) is 12.1 Å². The lowest BCUT2D eigenvalue weighted by Crippen LogP contribution is -1.99. The van der Waals surface area contributed by atoms with Crippen LogP contribution in [0.5, 0.6) is 0 Å². The Kier molecular flexibility index (Phi) is 1.98. The van der Waals surface area contributed by atoms with Crippen molar-refractivity contribution in [2.45, 2.75) is 4.90 Å². The number of benzene rings is 1. The van der Waals surface area contributed by atoms with Gasteiger partial charge in [0.05, 0.1) is 11.7 Å². The summed E-state index contributed by atoms with van der Waals surface area (Å²) in [5.74, 6) is -0.666. The summed E-state index contributed by atoms with van der Waals surface area (Å²) in [4.78, 5) is -0.428. The molecule has 1 aromatic carbocycles. The van der Waals surface area contributed by atoms with E-state index in [1.165, 1.54) is 0 Å². The van der Waals surface area contributed by atoms with Crippen LogP contribution in [0.3, 0.4) is 0 Å². The summed E-state index contributed by atoms with van der Waals surface area (Å²) in [5.41, 5.74) is -0.289. The third kappa shape index (κ3) is 1.37. The largest absolute Gasteiger partial charge is 0.296 e. The van der Waals surface area contributed by atoms with Gasteiger partial charge in [-0.15, -0.1) is 0 Å². The van der Waals surface area contributed by atoms with E-state index in [1.54, 1.807) is 0 Å². The Bertz CT molecular complexity index is 592. The van der Waals surface area contributed by atoms with Crippen LogP contribution in [-0.4, -0.2) is 21.7 Å². The van der Waals surface area contributed by atoms with E-state index >= 15 is 0 Å². The lowest BCUT2D eigenvalue weighted by molar-refractivity contribution is 0.484. The van der Waals surface area contributed by atoms with Gasteiger partial charge in [-0.3, -0.25) is 4.55 Å². The maximum atomic E-state index is 13.0. The molecule has 0 aliphatic heterocycles. The molecule has 0 fully saturated rings. The third-order valence-corrected chi connectivity index (χ3v) is 3.02. The SMILES string of the molecule is O=S(=O)(O)c1ccc(F)c2nsnc12. The van der Waals surface area contributed by atoms with Crippen molar-refractivity contribution in [3.05, 3.63) is 17.9 Å². The number of fused-ring (bicyclic) bond motifs is 1. The highest BCUT2D eigenvalue weighted by Crippen LogP contribution is 2.23. The van der Waals surface area contributed by atoms with Crippen molar-refractivity contribution in [2.75, 3.05) is 0 Å². The second kappa shape index (κ2) is 2.94. The number of hydrogen-bond donors (Lipinski definition) is 1. The number of aromatic nitrogens is 2. The normalized spacial score (nSPS) is 12.1. The maximum absolute atomic E-state index is 13.0. The van der Waals surface area contributed by atoms with E-state index in [9.17, 15) is 12.8 Å². The summed E-state index contributed by atoms with van der Waals surface area (Å²) in [5, 5.41) is 0. The number of hydrogen-bond acceptors (Lipinski definition) is 5. The van der Waals surface area contributed by atoms with Crippen LogP contribution in [0.2, 0.25) is 0 Å². The molecular weight excluding hydrogens is 231 g/mol. The molecule has 1 N–H and O–H groups in total. The molecule has 5 nitrogen and oxygen atoms in total. The van der Waals surface area contributed by atoms with Crippen molar-refractivity contribution in [2.24, 2.45) is 0 Å². The first kappa shape index (κ1) is 9.44. The van der Waals surface area contributed by atoms with Gasteiger partial charge in [-0.05, 0) is 12.1 Å². The molecule has 1 aromatic heterocycles. The summed E-state index contributed by atoms with van der Waals surface area (Å²) >= 11 is 0.682. The van der Waals surface area contributed by atoms with E-state index in [1.807, 2.05) is 0 Å². The van der Waals surface area contributed by atoms with E-state index in [0.29, 0.717) is 11.7 Å². The van der Waals surface area contributed by atoms with Gasteiger partial charge in [0.2, 0.25) is 0 Å². The van der Waals surface area contributed by atoms with E-state index < -0.39 is 20.8 Å². The van der Waals surface area contributed by atoms with Gasteiger partial charge in [0, 0.05) is 0 Å². The van der Waals surface area contributed by atoms with Crippen molar-refractivity contribution in [1.82, 2.24) is 8.75 Å². The number of nitrogens with zero attached hydrogens (tertiary/aromatic N) is 2. The minimum atomic E-state index is -4.38. The van der Waals surface area contributed by atoms with Gasteiger partial charge in [0.15, 0.2) is 5.82 Å². The highest BCUT2D eigenvalue weighted by molar-refractivity contribution is 7.86. The smallest absolute Gasteiger partial charge is 0.282 e. The molecule has 0 spiro atoms. The van der Waals surface area contributed by atoms with Gasteiger partial charge < -0.3 is 0 Å². The van der Waals surface area contributed by atoms with Crippen molar-refractivity contribution >= 4 is 32.9 Å². The molecular formula is C6H3FN2O3S2. The summed E-state index contributed by atoms with van der Waals surface area (Å²) in [6.45, 7) is 0. The fourth-order valence-electron chi connectivity index (χ4n) is 1.02. The highest BCUT2D eigenvalue weighted by Gasteiger charge is 2.18. The Balaban J connectivity index is 2.93. The summed E-state index contributed by atoms with van der Waals surface area (Å²) in [7, 11) is -4.38. The summed E-state index contributed by atoms with van der Waals surface area (Å²) < 4.78 is 50.6. The second-order valence-electron chi connectivity index (χ2n) is 2.48. The molecule has 0 saturated heterocycles. The van der Waals surface area contributed by atoms with Gasteiger partial charge in [-0.25, -0.2) is 4.39 Å². The average Bonchev–Trinajstić information content (AvgIpc) is 2.50. The van der Waals surface area contributed by atoms with Gasteiger partial charge in [-0.2, -0.15) is 17.2 Å². The molecule has 0 unspecified atom stereocenters. The van der Waals surface area contributed by atoms with Crippen molar-refractivity contribution < 1.29 is 17.4 Å². The van der Waals surface area contributed by atoms with Gasteiger partial charge in [-0.1, -0.05) is 0 Å². The predicted molar refractivity (Wildman–Crippen MR) is 47.2 cm³/mol. The standard InChI is InChI=1S/C6H3FN2O3S2/c7-3-1-2-4(14(10,11)12)6-5(3)8-13-9-6/h1-2H,(H,10,11,12). The Morgan fingerprint density at radius 2 is 1.93 bits per heavy atom. The third-order valence-electron chi connectivity index (χ3n) is 1.61.